The first-order valence-corrected chi connectivity index (χ1v) is 6.48. The van der Waals surface area contributed by atoms with E-state index < -0.39 is 22.7 Å². The highest BCUT2D eigenvalue weighted by Gasteiger charge is 2.39. The Morgan fingerprint density at radius 3 is 2.57 bits per heavy atom. The third-order valence-corrected chi connectivity index (χ3v) is 2.72. The van der Waals surface area contributed by atoms with Gasteiger partial charge in [0.1, 0.15) is 16.5 Å². The van der Waals surface area contributed by atoms with Crippen LogP contribution in [0.15, 0.2) is 52.0 Å². The number of halogens is 4. The lowest BCUT2D eigenvalue weighted by atomic mass is 10.2. The molecule has 0 saturated heterocycles. The number of allylic oxidation sites excluding steroid dienone is 2. The summed E-state index contributed by atoms with van der Waals surface area (Å²) >= 11 is 5.65. The summed E-state index contributed by atoms with van der Waals surface area (Å²) in [6, 6.07) is 4.95. The van der Waals surface area contributed by atoms with E-state index in [0.29, 0.717) is 5.69 Å². The van der Waals surface area contributed by atoms with E-state index in [9.17, 15) is 18.3 Å². The fourth-order valence-electron chi connectivity index (χ4n) is 1.50. The van der Waals surface area contributed by atoms with Crippen LogP contribution in [-0.4, -0.2) is 22.0 Å². The van der Waals surface area contributed by atoms with Crippen molar-refractivity contribution in [3.8, 4) is 0 Å². The highest BCUT2D eigenvalue weighted by atomic mass is 35.5. The first-order chi connectivity index (χ1) is 9.77. The third-order valence-electron chi connectivity index (χ3n) is 2.44. The smallest absolute Gasteiger partial charge is 0.422 e. The molecule has 0 aliphatic carbocycles. The Morgan fingerprint density at radius 2 is 2.10 bits per heavy atom. The van der Waals surface area contributed by atoms with Crippen LogP contribution < -0.4 is 0 Å². The molecule has 0 radical (unpaired) electrons. The molecule has 0 amide bonds. The monoisotopic (exact) mass is 318 g/mol. The van der Waals surface area contributed by atoms with Crippen LogP contribution in [0.1, 0.15) is 26.0 Å². The summed E-state index contributed by atoms with van der Waals surface area (Å²) < 4.78 is 38.9. The van der Waals surface area contributed by atoms with Crippen LogP contribution in [0.5, 0.6) is 0 Å². The van der Waals surface area contributed by atoms with Gasteiger partial charge in [0, 0.05) is 6.20 Å². The highest BCUT2D eigenvalue weighted by molar-refractivity contribution is 6.31. The summed E-state index contributed by atoms with van der Waals surface area (Å²) in [6.07, 6.45) is -2.05. The van der Waals surface area contributed by atoms with Crippen LogP contribution in [0.4, 0.5) is 13.2 Å². The van der Waals surface area contributed by atoms with Crippen molar-refractivity contribution in [2.45, 2.75) is 26.4 Å². The maximum Gasteiger partial charge on any atom is 0.422 e. The number of aliphatic hydroxyl groups excluding tert-OH is 1. The van der Waals surface area contributed by atoms with E-state index in [1.165, 1.54) is 13.1 Å². The zero-order valence-electron chi connectivity index (χ0n) is 11.4. The number of aliphatic imine (C=N–C) groups is 1. The van der Waals surface area contributed by atoms with E-state index in [4.69, 9.17) is 11.6 Å². The maximum absolute atomic E-state index is 13.0. The Kier molecular flexibility index (Phi) is 5.96. The van der Waals surface area contributed by atoms with Gasteiger partial charge in [-0.05, 0) is 31.6 Å². The van der Waals surface area contributed by atoms with Gasteiger partial charge in [-0.2, -0.15) is 13.2 Å². The van der Waals surface area contributed by atoms with Gasteiger partial charge in [0.05, 0.1) is 11.4 Å². The molecular weight excluding hydrogens is 305 g/mol. The van der Waals surface area contributed by atoms with Gasteiger partial charge >= 0.3 is 6.18 Å². The lowest BCUT2D eigenvalue weighted by molar-refractivity contribution is -0.0928. The summed E-state index contributed by atoms with van der Waals surface area (Å²) in [5, 5.41) is 8.69. The maximum atomic E-state index is 13.0. The molecule has 0 bridgehead atoms. The zero-order chi connectivity index (χ0) is 16.0. The first-order valence-electron chi connectivity index (χ1n) is 6.10. The van der Waals surface area contributed by atoms with Gasteiger partial charge in [0.15, 0.2) is 0 Å². The molecule has 21 heavy (non-hydrogen) atoms. The Bertz CT molecular complexity index is 578. The normalized spacial score (nSPS) is 15.0. The molecule has 0 unspecified atom stereocenters. The zero-order valence-corrected chi connectivity index (χ0v) is 12.2. The number of aliphatic hydroxyl groups is 1. The number of hydrogen-bond acceptors (Lipinski definition) is 3. The lowest BCUT2D eigenvalue weighted by Gasteiger charge is -2.12. The van der Waals surface area contributed by atoms with Crippen molar-refractivity contribution in [3.05, 3.63) is 52.7 Å². The molecule has 3 nitrogen and oxygen atoms in total. The molecule has 0 aliphatic rings. The fourth-order valence-corrected chi connectivity index (χ4v) is 1.83. The minimum atomic E-state index is -4.80. The van der Waals surface area contributed by atoms with Crippen molar-refractivity contribution in [2.24, 2.45) is 4.99 Å². The number of hydrogen-bond donors (Lipinski definition) is 1. The average Bonchev–Trinajstić information content (AvgIpc) is 2.38. The molecule has 1 N–H and O–H groups in total. The van der Waals surface area contributed by atoms with Crippen molar-refractivity contribution in [3.63, 3.8) is 0 Å². The standard InChI is InChI=1S/C14H14ClF3N2O/c1-3-6-11(21)12(14(16,17)18)13(15)20-9(2)10-7-4-5-8-19-10/h4-8,21H,3H2,1-2H3/b11-6-,13-12+,20-9+. The van der Waals surface area contributed by atoms with Crippen molar-refractivity contribution in [1.29, 1.82) is 0 Å². The van der Waals surface area contributed by atoms with Crippen LogP contribution >= 0.6 is 11.6 Å². The van der Waals surface area contributed by atoms with Gasteiger partial charge in [0.25, 0.3) is 0 Å². The molecular formula is C14H14ClF3N2O. The molecule has 0 fully saturated rings. The fraction of sp³-hybridized carbons (Fsp3) is 0.286. The molecule has 1 heterocycles. The second-order valence-electron chi connectivity index (χ2n) is 4.07. The van der Waals surface area contributed by atoms with Gasteiger partial charge in [-0.1, -0.05) is 24.6 Å². The van der Waals surface area contributed by atoms with Crippen LogP contribution in [0.2, 0.25) is 0 Å². The molecule has 0 aromatic carbocycles. The molecule has 0 spiro atoms. The molecule has 0 aliphatic heterocycles. The predicted octanol–water partition coefficient (Wildman–Crippen LogP) is 4.76. The average molecular weight is 319 g/mol. The molecule has 0 atom stereocenters. The van der Waals surface area contributed by atoms with Gasteiger partial charge < -0.3 is 5.11 Å². The summed E-state index contributed by atoms with van der Waals surface area (Å²) in [5.41, 5.74) is -0.746. The predicted molar refractivity (Wildman–Crippen MR) is 76.4 cm³/mol. The number of rotatable bonds is 4. The summed E-state index contributed by atoms with van der Waals surface area (Å²) in [7, 11) is 0. The highest BCUT2D eigenvalue weighted by Crippen LogP contribution is 2.35. The summed E-state index contributed by atoms with van der Waals surface area (Å²) in [4.78, 5) is 7.66. The van der Waals surface area contributed by atoms with E-state index in [-0.39, 0.29) is 12.1 Å². The van der Waals surface area contributed by atoms with Crippen LogP contribution in [0, 0.1) is 0 Å². The Balaban J connectivity index is 3.32. The Morgan fingerprint density at radius 1 is 1.43 bits per heavy atom. The minimum absolute atomic E-state index is 0.214. The van der Waals surface area contributed by atoms with E-state index in [1.54, 1.807) is 25.1 Å². The summed E-state index contributed by atoms with van der Waals surface area (Å²) in [6.45, 7) is 3.08. The number of nitrogens with zero attached hydrogens (tertiary/aromatic N) is 2. The van der Waals surface area contributed by atoms with Crippen molar-refractivity contribution < 1.29 is 18.3 Å². The molecule has 7 heteroatoms. The van der Waals surface area contributed by atoms with Crippen molar-refractivity contribution in [1.82, 2.24) is 4.98 Å². The Labute approximate surface area is 125 Å². The molecule has 1 rings (SSSR count). The van der Waals surface area contributed by atoms with Crippen molar-refractivity contribution in [2.75, 3.05) is 0 Å². The van der Waals surface area contributed by atoms with E-state index in [0.717, 1.165) is 6.08 Å². The van der Waals surface area contributed by atoms with Gasteiger partial charge in [0.2, 0.25) is 0 Å². The number of pyridine rings is 1. The molecule has 0 saturated carbocycles. The second kappa shape index (κ2) is 7.26. The van der Waals surface area contributed by atoms with Crippen LogP contribution in [0.3, 0.4) is 0 Å². The van der Waals surface area contributed by atoms with Gasteiger partial charge in [-0.25, -0.2) is 4.99 Å². The van der Waals surface area contributed by atoms with Gasteiger partial charge in [-0.3, -0.25) is 4.98 Å². The van der Waals surface area contributed by atoms with Crippen LogP contribution in [-0.2, 0) is 0 Å². The number of alkyl halides is 3. The quantitative estimate of drug-likeness (QED) is 0.377. The molecule has 1 aromatic rings. The largest absolute Gasteiger partial charge is 0.508 e. The topological polar surface area (TPSA) is 45.5 Å². The first kappa shape index (κ1) is 17.2. The van der Waals surface area contributed by atoms with Crippen LogP contribution in [0.25, 0.3) is 0 Å². The van der Waals surface area contributed by atoms with E-state index in [1.807, 2.05) is 0 Å². The second-order valence-corrected chi connectivity index (χ2v) is 4.43. The van der Waals surface area contributed by atoms with Gasteiger partial charge in [-0.15, -0.1) is 0 Å². The minimum Gasteiger partial charge on any atom is -0.508 e. The number of aromatic nitrogens is 1. The Hall–Kier alpha value is -1.82. The third kappa shape index (κ3) is 4.90. The van der Waals surface area contributed by atoms with Crippen molar-refractivity contribution >= 4 is 17.3 Å². The van der Waals surface area contributed by atoms with E-state index in [2.05, 4.69) is 9.98 Å². The lowest BCUT2D eigenvalue weighted by Crippen LogP contribution is -2.15. The summed E-state index contributed by atoms with van der Waals surface area (Å²) in [5.74, 6) is -0.937. The van der Waals surface area contributed by atoms with E-state index >= 15 is 0 Å². The molecule has 114 valence electrons. The molecule has 1 aromatic heterocycles. The SMILES string of the molecule is CC/C=C(O)/C(=C(Cl)\N=C(/C)c1ccccn1)C(F)(F)F.